The fraction of sp³-hybridized carbons (Fsp3) is 0.211. The Morgan fingerprint density at radius 2 is 1.45 bits per heavy atom. The monoisotopic (exact) mass is 694 g/mol. The van der Waals surface area contributed by atoms with Gasteiger partial charge in [0, 0.05) is 0 Å². The molecule has 0 aliphatic carbocycles. The Hall–Kier alpha value is -4.68. The standard InChI is InChI=1S/C38H34N2O6Se/c1-3-25-44-34-32(46-36(40-24-23-33(41)39-37(40)42)35(34)47-31-17-11-6-12-18-31)26-45-38(27-13-7-4-8-14-27,28-15-9-5-10-16-28)29-19-21-30(43-2)22-20-29/h1,4-24,32,34-36H,25-26H2,2H3,(H,39,41,42)/t32-,34+,35-,36-/m1/s1. The number of H-pyrrole nitrogens is 1. The number of aromatic nitrogens is 2. The van der Waals surface area contributed by atoms with Crippen LogP contribution in [0, 0.1) is 12.3 Å². The molecular formula is C38H34N2O6Se. The van der Waals surface area contributed by atoms with Crippen molar-refractivity contribution in [2.45, 2.75) is 28.9 Å². The first-order valence-electron chi connectivity index (χ1n) is 15.2. The number of nitrogens with one attached hydrogen (secondary N) is 1. The Kier molecular flexibility index (Phi) is 10.2. The van der Waals surface area contributed by atoms with Crippen molar-refractivity contribution in [3.8, 4) is 18.1 Å². The zero-order valence-corrected chi connectivity index (χ0v) is 27.4. The summed E-state index contributed by atoms with van der Waals surface area (Å²) in [6, 6.07) is 39.3. The van der Waals surface area contributed by atoms with Crippen molar-refractivity contribution in [3.05, 3.63) is 165 Å². The molecule has 238 valence electrons. The Bertz CT molecular complexity index is 1870. The molecule has 1 saturated heterocycles. The van der Waals surface area contributed by atoms with Crippen LogP contribution in [-0.2, 0) is 19.8 Å². The molecule has 1 fully saturated rings. The summed E-state index contributed by atoms with van der Waals surface area (Å²) in [7, 11) is 1.64. The number of benzene rings is 4. The molecule has 0 radical (unpaired) electrons. The van der Waals surface area contributed by atoms with Crippen LogP contribution in [0.2, 0.25) is 4.82 Å². The van der Waals surface area contributed by atoms with Crippen LogP contribution in [0.3, 0.4) is 0 Å². The zero-order chi connectivity index (χ0) is 32.6. The van der Waals surface area contributed by atoms with Crippen LogP contribution in [0.4, 0.5) is 0 Å². The van der Waals surface area contributed by atoms with E-state index in [0.29, 0.717) is 0 Å². The van der Waals surface area contributed by atoms with Crippen molar-refractivity contribution in [2.75, 3.05) is 20.3 Å². The van der Waals surface area contributed by atoms with Gasteiger partial charge in [-0.15, -0.1) is 0 Å². The molecule has 4 aromatic carbocycles. The quantitative estimate of drug-likeness (QED) is 0.119. The van der Waals surface area contributed by atoms with Gasteiger partial charge in [-0.3, -0.25) is 0 Å². The molecule has 4 atom stereocenters. The van der Waals surface area contributed by atoms with Gasteiger partial charge >= 0.3 is 280 Å². The summed E-state index contributed by atoms with van der Waals surface area (Å²) in [5.41, 5.74) is 0.664. The molecule has 47 heavy (non-hydrogen) atoms. The van der Waals surface area contributed by atoms with Gasteiger partial charge < -0.3 is 0 Å². The number of aromatic amines is 1. The van der Waals surface area contributed by atoms with Gasteiger partial charge in [0.05, 0.1) is 0 Å². The number of ether oxygens (including phenoxy) is 4. The van der Waals surface area contributed by atoms with E-state index in [9.17, 15) is 9.59 Å². The molecule has 5 aromatic rings. The Morgan fingerprint density at radius 1 is 0.851 bits per heavy atom. The van der Waals surface area contributed by atoms with Crippen molar-refractivity contribution in [1.82, 2.24) is 9.55 Å². The van der Waals surface area contributed by atoms with Crippen LogP contribution >= 0.6 is 0 Å². The third-order valence-corrected chi connectivity index (χ3v) is 10.9. The van der Waals surface area contributed by atoms with E-state index < -0.39 is 35.3 Å². The molecule has 0 spiro atoms. The van der Waals surface area contributed by atoms with E-state index in [1.807, 2.05) is 115 Å². The number of hydrogen-bond donors (Lipinski definition) is 1. The first kappa shape index (κ1) is 32.3. The molecule has 1 N–H and O–H groups in total. The molecule has 0 unspecified atom stereocenters. The molecule has 0 amide bonds. The average molecular weight is 694 g/mol. The van der Waals surface area contributed by atoms with Crippen LogP contribution in [0.1, 0.15) is 22.9 Å². The number of terminal acetylenes is 1. The van der Waals surface area contributed by atoms with Gasteiger partial charge in [0.15, 0.2) is 0 Å². The Morgan fingerprint density at radius 3 is 2.02 bits per heavy atom. The maximum atomic E-state index is 13.1. The molecule has 9 heteroatoms. The summed E-state index contributed by atoms with van der Waals surface area (Å²) >= 11 is -0.207. The summed E-state index contributed by atoms with van der Waals surface area (Å²) < 4.78 is 28.2. The Labute approximate surface area is 279 Å². The third kappa shape index (κ3) is 6.89. The Balaban J connectivity index is 1.44. The van der Waals surface area contributed by atoms with Crippen LogP contribution in [0.25, 0.3) is 0 Å². The molecular weight excluding hydrogens is 659 g/mol. The van der Waals surface area contributed by atoms with E-state index in [4.69, 9.17) is 25.4 Å². The van der Waals surface area contributed by atoms with E-state index in [2.05, 4.69) is 10.9 Å². The topological polar surface area (TPSA) is 91.8 Å². The molecule has 1 aromatic heterocycles. The molecule has 0 bridgehead atoms. The zero-order valence-electron chi connectivity index (χ0n) is 25.7. The van der Waals surface area contributed by atoms with Crippen molar-refractivity contribution in [2.24, 2.45) is 0 Å². The first-order chi connectivity index (χ1) is 23.0. The van der Waals surface area contributed by atoms with E-state index in [1.54, 1.807) is 7.11 Å². The number of nitrogens with zero attached hydrogens (tertiary/aromatic N) is 1. The average Bonchev–Trinajstić information content (AvgIpc) is 3.45. The summed E-state index contributed by atoms with van der Waals surface area (Å²) in [6.45, 7) is 0.154. The van der Waals surface area contributed by atoms with Crippen molar-refractivity contribution < 1.29 is 18.9 Å². The second-order valence-electron chi connectivity index (χ2n) is 10.9. The molecule has 1 aliphatic rings. The van der Waals surface area contributed by atoms with Crippen LogP contribution < -0.4 is 20.4 Å². The van der Waals surface area contributed by atoms with E-state index in [0.717, 1.165) is 26.9 Å². The van der Waals surface area contributed by atoms with Gasteiger partial charge in [-0.2, -0.15) is 0 Å². The minimum absolute atomic E-state index is 0.0557. The molecule has 8 nitrogen and oxygen atoms in total. The first-order valence-corrected chi connectivity index (χ1v) is 17.0. The number of hydrogen-bond acceptors (Lipinski definition) is 6. The molecule has 6 rings (SSSR count). The van der Waals surface area contributed by atoms with Crippen LogP contribution in [0.5, 0.6) is 5.75 Å². The minimum atomic E-state index is -1.04. The van der Waals surface area contributed by atoms with Crippen molar-refractivity contribution in [1.29, 1.82) is 0 Å². The van der Waals surface area contributed by atoms with Gasteiger partial charge in [0.2, 0.25) is 0 Å². The fourth-order valence-electron chi connectivity index (χ4n) is 5.95. The summed E-state index contributed by atoms with van der Waals surface area (Å²) in [4.78, 5) is 27.2. The molecule has 0 saturated carbocycles. The summed E-state index contributed by atoms with van der Waals surface area (Å²) in [5, 5.41) is 0. The SMILES string of the molecule is C#CCO[C@@H]1[C@@H]([Se]c2ccccc2)[C@H](n2ccc(=O)[nH]c2=O)O[C@@H]1COC(c1ccccc1)(c1ccccc1)c1ccc(OC)cc1. The van der Waals surface area contributed by atoms with Crippen LogP contribution in [0.15, 0.2) is 137 Å². The van der Waals surface area contributed by atoms with E-state index in [-0.39, 0.29) is 33.0 Å². The summed E-state index contributed by atoms with van der Waals surface area (Å²) in [5.74, 6) is 3.32. The van der Waals surface area contributed by atoms with E-state index >= 15 is 0 Å². The van der Waals surface area contributed by atoms with Gasteiger partial charge in [0.25, 0.3) is 0 Å². The van der Waals surface area contributed by atoms with Gasteiger partial charge in [0.1, 0.15) is 0 Å². The number of rotatable bonds is 12. The molecule has 2 heterocycles. The second kappa shape index (κ2) is 14.8. The predicted molar refractivity (Wildman–Crippen MR) is 181 cm³/mol. The van der Waals surface area contributed by atoms with Gasteiger partial charge in [-0.05, 0) is 0 Å². The molecule has 1 aliphatic heterocycles. The fourth-order valence-corrected chi connectivity index (χ4v) is 8.74. The van der Waals surface area contributed by atoms with Gasteiger partial charge in [-0.25, -0.2) is 0 Å². The van der Waals surface area contributed by atoms with Crippen molar-refractivity contribution in [3.63, 3.8) is 0 Å². The van der Waals surface area contributed by atoms with Crippen molar-refractivity contribution >= 4 is 19.4 Å². The summed E-state index contributed by atoms with van der Waals surface area (Å²) in [6.07, 6.45) is 5.28. The normalized spacial score (nSPS) is 19.2. The third-order valence-electron chi connectivity index (χ3n) is 8.11. The predicted octanol–water partition coefficient (Wildman–Crippen LogP) is 4.29. The van der Waals surface area contributed by atoms with Gasteiger partial charge in [-0.1, -0.05) is 0 Å². The van der Waals surface area contributed by atoms with E-state index in [1.165, 1.54) is 16.8 Å². The second-order valence-corrected chi connectivity index (χ2v) is 13.5. The number of methoxy groups -OCH3 is 1. The van der Waals surface area contributed by atoms with Crippen LogP contribution in [-0.4, -0.2) is 57.0 Å². The maximum absolute atomic E-state index is 13.1.